The Morgan fingerprint density at radius 1 is 1.33 bits per heavy atom. The van der Waals surface area contributed by atoms with Crippen LogP contribution in [-0.2, 0) is 0 Å². The third kappa shape index (κ3) is 1.57. The number of hydrogen-bond acceptors (Lipinski definition) is 4. The standard InChI is InChI=1S/C11H7NO3/c12-6-9(13)8-5-7-3-1-2-4-10(7)15-11(8)14/h1-6,12H. The van der Waals surface area contributed by atoms with E-state index in [4.69, 9.17) is 9.83 Å². The van der Waals surface area contributed by atoms with Crippen molar-refractivity contribution in [2.45, 2.75) is 0 Å². The molecule has 0 amide bonds. The number of nitrogens with one attached hydrogen (secondary N) is 1. The molecule has 2 aromatic rings. The van der Waals surface area contributed by atoms with Gasteiger partial charge in [0, 0.05) is 5.39 Å². The molecular formula is C11H7NO3. The fourth-order valence-electron chi connectivity index (χ4n) is 1.31. The van der Waals surface area contributed by atoms with Gasteiger partial charge in [-0.25, -0.2) is 4.79 Å². The summed E-state index contributed by atoms with van der Waals surface area (Å²) in [7, 11) is 0. The number of benzene rings is 1. The largest absolute Gasteiger partial charge is 0.422 e. The molecule has 1 heterocycles. The number of hydrogen-bond donors (Lipinski definition) is 1. The summed E-state index contributed by atoms with van der Waals surface area (Å²) in [5.41, 5.74) is -0.380. The molecule has 0 saturated carbocycles. The highest BCUT2D eigenvalue weighted by Crippen LogP contribution is 2.12. The van der Waals surface area contributed by atoms with E-state index >= 15 is 0 Å². The van der Waals surface area contributed by atoms with Gasteiger partial charge in [0.15, 0.2) is 0 Å². The van der Waals surface area contributed by atoms with Crippen LogP contribution in [0.4, 0.5) is 0 Å². The molecule has 4 heteroatoms. The van der Waals surface area contributed by atoms with Crippen molar-refractivity contribution in [1.29, 1.82) is 5.41 Å². The molecule has 0 saturated heterocycles. The number of ketones is 1. The van der Waals surface area contributed by atoms with Crippen LogP contribution in [0.15, 0.2) is 39.5 Å². The second-order valence-corrected chi connectivity index (χ2v) is 2.99. The molecule has 1 aromatic heterocycles. The summed E-state index contributed by atoms with van der Waals surface area (Å²) < 4.78 is 4.94. The Labute approximate surface area is 84.7 Å². The minimum atomic E-state index is -0.706. The summed E-state index contributed by atoms with van der Waals surface area (Å²) >= 11 is 0. The van der Waals surface area contributed by atoms with Gasteiger partial charge in [-0.2, -0.15) is 0 Å². The van der Waals surface area contributed by atoms with Crippen LogP contribution >= 0.6 is 0 Å². The molecule has 0 unspecified atom stereocenters. The van der Waals surface area contributed by atoms with Crippen LogP contribution in [0.3, 0.4) is 0 Å². The number of carbonyl (C=O) groups is 1. The fraction of sp³-hybridized carbons (Fsp3) is 0. The maximum atomic E-state index is 11.3. The van der Waals surface area contributed by atoms with Crippen LogP contribution in [0.2, 0.25) is 0 Å². The second kappa shape index (κ2) is 3.49. The summed E-state index contributed by atoms with van der Waals surface area (Å²) in [4.78, 5) is 22.5. The van der Waals surface area contributed by atoms with Gasteiger partial charge in [-0.15, -0.1) is 0 Å². The van der Waals surface area contributed by atoms with Crippen LogP contribution in [0.5, 0.6) is 0 Å². The number of fused-ring (bicyclic) bond motifs is 1. The number of carbonyl (C=O) groups excluding carboxylic acids is 1. The van der Waals surface area contributed by atoms with E-state index in [-0.39, 0.29) is 5.56 Å². The molecule has 0 fully saturated rings. The van der Waals surface area contributed by atoms with Gasteiger partial charge in [0.2, 0.25) is 5.78 Å². The van der Waals surface area contributed by atoms with Gasteiger partial charge in [0.1, 0.15) is 11.1 Å². The Hall–Kier alpha value is -2.23. The summed E-state index contributed by atoms with van der Waals surface area (Å²) in [6, 6.07) is 8.34. The third-order valence-electron chi connectivity index (χ3n) is 2.04. The quantitative estimate of drug-likeness (QED) is 0.456. The van der Waals surface area contributed by atoms with Gasteiger partial charge >= 0.3 is 5.63 Å². The highest BCUT2D eigenvalue weighted by atomic mass is 16.4. The zero-order chi connectivity index (χ0) is 10.8. The topological polar surface area (TPSA) is 71.1 Å². The van der Waals surface area contributed by atoms with Crippen molar-refractivity contribution in [3.05, 3.63) is 46.3 Å². The second-order valence-electron chi connectivity index (χ2n) is 2.99. The van der Waals surface area contributed by atoms with E-state index < -0.39 is 11.4 Å². The van der Waals surface area contributed by atoms with E-state index in [0.29, 0.717) is 17.2 Å². The van der Waals surface area contributed by atoms with Crippen molar-refractivity contribution >= 4 is 23.0 Å². The zero-order valence-corrected chi connectivity index (χ0v) is 7.69. The zero-order valence-electron chi connectivity index (χ0n) is 7.69. The predicted molar refractivity (Wildman–Crippen MR) is 55.6 cm³/mol. The first-order valence-corrected chi connectivity index (χ1v) is 4.30. The normalized spacial score (nSPS) is 10.1. The van der Waals surface area contributed by atoms with Gasteiger partial charge in [0.25, 0.3) is 0 Å². The molecule has 74 valence electrons. The lowest BCUT2D eigenvalue weighted by Gasteiger charge is -1.97. The Morgan fingerprint density at radius 2 is 2.07 bits per heavy atom. The molecule has 0 aliphatic rings. The van der Waals surface area contributed by atoms with Gasteiger partial charge < -0.3 is 9.83 Å². The number of rotatable bonds is 2. The van der Waals surface area contributed by atoms with E-state index in [2.05, 4.69) is 0 Å². The lowest BCUT2D eigenvalue weighted by molar-refractivity contribution is 0.106. The van der Waals surface area contributed by atoms with E-state index in [0.717, 1.165) is 0 Å². The van der Waals surface area contributed by atoms with E-state index in [9.17, 15) is 9.59 Å². The van der Waals surface area contributed by atoms with Crippen LogP contribution in [0.1, 0.15) is 10.4 Å². The van der Waals surface area contributed by atoms with Crippen LogP contribution in [-0.4, -0.2) is 12.0 Å². The average Bonchev–Trinajstić information content (AvgIpc) is 2.27. The molecular weight excluding hydrogens is 194 g/mol. The average molecular weight is 201 g/mol. The molecule has 0 aliphatic carbocycles. The van der Waals surface area contributed by atoms with Crippen LogP contribution < -0.4 is 5.63 Å². The Morgan fingerprint density at radius 3 is 2.80 bits per heavy atom. The summed E-state index contributed by atoms with van der Waals surface area (Å²) in [5.74, 6) is -0.644. The van der Waals surface area contributed by atoms with Crippen molar-refractivity contribution in [1.82, 2.24) is 0 Å². The van der Waals surface area contributed by atoms with Crippen molar-refractivity contribution < 1.29 is 9.21 Å². The molecule has 1 aromatic carbocycles. The van der Waals surface area contributed by atoms with Crippen molar-refractivity contribution in [3.63, 3.8) is 0 Å². The van der Waals surface area contributed by atoms with E-state index in [1.54, 1.807) is 24.3 Å². The number of Topliss-reactive ketones (excluding diaryl/α,β-unsaturated/α-hetero) is 1. The molecule has 0 spiro atoms. The molecule has 0 aliphatic heterocycles. The fourth-order valence-corrected chi connectivity index (χ4v) is 1.31. The summed E-state index contributed by atoms with van der Waals surface area (Å²) in [5, 5.41) is 7.46. The van der Waals surface area contributed by atoms with Crippen molar-refractivity contribution in [3.8, 4) is 0 Å². The molecule has 2 rings (SSSR count). The predicted octanol–water partition coefficient (Wildman–Crippen LogP) is 1.63. The minimum absolute atomic E-state index is 0.108. The molecule has 1 N–H and O–H groups in total. The summed E-state index contributed by atoms with van der Waals surface area (Å²) in [6.45, 7) is 0. The van der Waals surface area contributed by atoms with Gasteiger partial charge in [-0.1, -0.05) is 18.2 Å². The first-order valence-electron chi connectivity index (χ1n) is 4.30. The first kappa shape index (κ1) is 9.33. The Balaban J connectivity index is 2.78. The van der Waals surface area contributed by atoms with Gasteiger partial charge in [0.05, 0.1) is 6.21 Å². The maximum absolute atomic E-state index is 11.3. The molecule has 0 radical (unpaired) electrons. The third-order valence-corrected chi connectivity index (χ3v) is 2.04. The van der Waals surface area contributed by atoms with Gasteiger partial charge in [-0.05, 0) is 12.1 Å². The molecule has 15 heavy (non-hydrogen) atoms. The highest BCUT2D eigenvalue weighted by Gasteiger charge is 2.10. The van der Waals surface area contributed by atoms with Crippen LogP contribution in [0.25, 0.3) is 11.0 Å². The van der Waals surface area contributed by atoms with Crippen molar-refractivity contribution in [2.75, 3.05) is 0 Å². The lowest BCUT2D eigenvalue weighted by atomic mass is 10.1. The smallest absolute Gasteiger partial charge is 0.347 e. The van der Waals surface area contributed by atoms with Gasteiger partial charge in [-0.3, -0.25) is 4.79 Å². The molecule has 0 atom stereocenters. The van der Waals surface area contributed by atoms with Crippen LogP contribution in [0, 0.1) is 5.41 Å². The molecule has 0 bridgehead atoms. The monoisotopic (exact) mass is 201 g/mol. The number of para-hydroxylation sites is 1. The highest BCUT2D eigenvalue weighted by molar-refractivity contribution is 6.34. The van der Waals surface area contributed by atoms with E-state index in [1.807, 2.05) is 0 Å². The lowest BCUT2D eigenvalue weighted by Crippen LogP contribution is -2.14. The molecule has 4 nitrogen and oxygen atoms in total. The SMILES string of the molecule is N=CC(=O)c1cc2ccccc2oc1=O. The van der Waals surface area contributed by atoms with Crippen molar-refractivity contribution in [2.24, 2.45) is 0 Å². The maximum Gasteiger partial charge on any atom is 0.347 e. The Kier molecular flexibility index (Phi) is 2.17. The first-order chi connectivity index (χ1) is 7.22. The van der Waals surface area contributed by atoms with E-state index in [1.165, 1.54) is 6.07 Å². The summed E-state index contributed by atoms with van der Waals surface area (Å²) in [6.07, 6.45) is 0.598. The minimum Gasteiger partial charge on any atom is -0.422 e. The Bertz CT molecular complexity index is 598.